The number of aryl methyl sites for hydroxylation is 1. The highest BCUT2D eigenvalue weighted by molar-refractivity contribution is 6.51. The molecule has 0 aliphatic carbocycles. The van der Waals surface area contributed by atoms with E-state index >= 15 is 0 Å². The van der Waals surface area contributed by atoms with Gasteiger partial charge in [0.15, 0.2) is 0 Å². The molecule has 1 unspecified atom stereocenters. The first-order valence-corrected chi connectivity index (χ1v) is 12.7. The molecule has 1 atom stereocenters. The van der Waals surface area contributed by atoms with Gasteiger partial charge in [-0.2, -0.15) is 0 Å². The average Bonchev–Trinajstić information content (AvgIpc) is 3.22. The first-order chi connectivity index (χ1) is 19.3. The summed E-state index contributed by atoms with van der Waals surface area (Å²) in [6.07, 6.45) is 1.56. The van der Waals surface area contributed by atoms with E-state index in [0.717, 1.165) is 11.1 Å². The fraction of sp³-hybridized carbons (Fsp3) is 0.125. The summed E-state index contributed by atoms with van der Waals surface area (Å²) in [7, 11) is 0. The van der Waals surface area contributed by atoms with Crippen LogP contribution in [0, 0.1) is 6.92 Å². The third-order valence-electron chi connectivity index (χ3n) is 6.54. The Kier molecular flexibility index (Phi) is 7.41. The van der Waals surface area contributed by atoms with Gasteiger partial charge in [0.2, 0.25) is 5.91 Å². The molecule has 5 rings (SSSR count). The van der Waals surface area contributed by atoms with Gasteiger partial charge in [-0.25, -0.2) is 0 Å². The van der Waals surface area contributed by atoms with Crippen molar-refractivity contribution in [2.45, 2.75) is 26.5 Å². The number of aromatic nitrogens is 1. The SMILES string of the molecule is CC(=O)Nc1cccc(N2C(=O)C(=O)/C(=C(/O)c3ccc(OCc4ccccc4)c(C)c3)C2c2ccccn2)c1. The second kappa shape index (κ2) is 11.2. The van der Waals surface area contributed by atoms with E-state index in [0.29, 0.717) is 35.0 Å². The Morgan fingerprint density at radius 2 is 1.75 bits per heavy atom. The number of nitrogens with zero attached hydrogens (tertiary/aromatic N) is 2. The number of amides is 2. The maximum atomic E-state index is 13.4. The predicted molar refractivity (Wildman–Crippen MR) is 152 cm³/mol. The number of carbonyl (C=O) groups excluding carboxylic acids is 3. The maximum absolute atomic E-state index is 13.4. The summed E-state index contributed by atoms with van der Waals surface area (Å²) in [6.45, 7) is 3.61. The van der Waals surface area contributed by atoms with Crippen LogP contribution < -0.4 is 15.0 Å². The summed E-state index contributed by atoms with van der Waals surface area (Å²) >= 11 is 0. The molecule has 2 heterocycles. The summed E-state index contributed by atoms with van der Waals surface area (Å²) in [6, 6.07) is 25.7. The normalized spacial score (nSPS) is 16.1. The van der Waals surface area contributed by atoms with E-state index in [1.165, 1.54) is 11.8 Å². The molecule has 1 saturated heterocycles. The van der Waals surface area contributed by atoms with E-state index in [2.05, 4.69) is 10.3 Å². The summed E-state index contributed by atoms with van der Waals surface area (Å²) in [4.78, 5) is 44.1. The molecule has 1 aromatic heterocycles. The Morgan fingerprint density at radius 3 is 2.45 bits per heavy atom. The number of rotatable bonds is 7. The Hall–Kier alpha value is -5.24. The second-order valence-corrected chi connectivity index (χ2v) is 9.41. The molecule has 200 valence electrons. The van der Waals surface area contributed by atoms with E-state index in [1.807, 2.05) is 37.3 Å². The maximum Gasteiger partial charge on any atom is 0.300 e. The van der Waals surface area contributed by atoms with Crippen LogP contribution in [0.4, 0.5) is 11.4 Å². The molecule has 0 spiro atoms. The predicted octanol–water partition coefficient (Wildman–Crippen LogP) is 5.55. The van der Waals surface area contributed by atoms with Crippen molar-refractivity contribution < 1.29 is 24.2 Å². The van der Waals surface area contributed by atoms with E-state index in [-0.39, 0.29) is 17.2 Å². The zero-order valence-corrected chi connectivity index (χ0v) is 22.0. The lowest BCUT2D eigenvalue weighted by atomic mass is 9.97. The number of aliphatic hydroxyl groups excluding tert-OH is 1. The highest BCUT2D eigenvalue weighted by Gasteiger charge is 2.47. The van der Waals surface area contributed by atoms with Crippen LogP contribution in [-0.4, -0.2) is 27.7 Å². The molecule has 1 fully saturated rings. The average molecular weight is 534 g/mol. The number of anilines is 2. The van der Waals surface area contributed by atoms with E-state index in [4.69, 9.17) is 4.74 Å². The molecule has 0 radical (unpaired) electrons. The number of hydrogen-bond acceptors (Lipinski definition) is 6. The molecular weight excluding hydrogens is 506 g/mol. The third kappa shape index (κ3) is 5.33. The highest BCUT2D eigenvalue weighted by Crippen LogP contribution is 2.42. The first kappa shape index (κ1) is 26.4. The van der Waals surface area contributed by atoms with E-state index < -0.39 is 17.7 Å². The van der Waals surface area contributed by atoms with E-state index in [1.54, 1.807) is 66.9 Å². The van der Waals surface area contributed by atoms with Crippen molar-refractivity contribution in [3.8, 4) is 5.75 Å². The lowest BCUT2D eigenvalue weighted by Crippen LogP contribution is -2.30. The molecule has 40 heavy (non-hydrogen) atoms. The third-order valence-corrected chi connectivity index (χ3v) is 6.54. The van der Waals surface area contributed by atoms with Gasteiger partial charge in [-0.1, -0.05) is 42.5 Å². The van der Waals surface area contributed by atoms with Gasteiger partial charge in [0.05, 0.1) is 11.3 Å². The number of carbonyl (C=O) groups is 3. The topological polar surface area (TPSA) is 109 Å². The molecule has 0 saturated carbocycles. The molecule has 8 heteroatoms. The summed E-state index contributed by atoms with van der Waals surface area (Å²) in [5.41, 5.74) is 3.32. The van der Waals surface area contributed by atoms with Crippen LogP contribution in [0.15, 0.2) is 103 Å². The van der Waals surface area contributed by atoms with Gasteiger partial charge >= 0.3 is 0 Å². The number of hydrogen-bond donors (Lipinski definition) is 2. The van der Waals surface area contributed by atoms with Crippen LogP contribution in [0.1, 0.15) is 35.3 Å². The Labute approximate surface area is 231 Å². The molecule has 2 amide bonds. The van der Waals surface area contributed by atoms with Crippen molar-refractivity contribution >= 4 is 34.7 Å². The van der Waals surface area contributed by atoms with Gasteiger partial charge < -0.3 is 15.2 Å². The summed E-state index contributed by atoms with van der Waals surface area (Å²) in [5, 5.41) is 14.1. The highest BCUT2D eigenvalue weighted by atomic mass is 16.5. The minimum absolute atomic E-state index is 0.0778. The number of benzene rings is 3. The molecule has 2 N–H and O–H groups in total. The number of aliphatic hydroxyl groups is 1. The monoisotopic (exact) mass is 533 g/mol. The van der Waals surface area contributed by atoms with Crippen molar-refractivity contribution in [3.05, 3.63) is 125 Å². The van der Waals surface area contributed by atoms with Gasteiger partial charge in [0.25, 0.3) is 11.7 Å². The van der Waals surface area contributed by atoms with Crippen molar-refractivity contribution in [2.24, 2.45) is 0 Å². The number of nitrogens with one attached hydrogen (secondary N) is 1. The summed E-state index contributed by atoms with van der Waals surface area (Å²) < 4.78 is 5.96. The van der Waals surface area contributed by atoms with Gasteiger partial charge in [-0.15, -0.1) is 0 Å². The lowest BCUT2D eigenvalue weighted by Gasteiger charge is -2.25. The van der Waals surface area contributed by atoms with Crippen LogP contribution >= 0.6 is 0 Å². The van der Waals surface area contributed by atoms with Crippen molar-refractivity contribution in [3.63, 3.8) is 0 Å². The van der Waals surface area contributed by atoms with Crippen LogP contribution in [0.5, 0.6) is 5.75 Å². The lowest BCUT2D eigenvalue weighted by molar-refractivity contribution is -0.132. The Balaban J connectivity index is 1.54. The quantitative estimate of drug-likeness (QED) is 0.183. The van der Waals surface area contributed by atoms with Crippen LogP contribution in [0.3, 0.4) is 0 Å². The largest absolute Gasteiger partial charge is 0.507 e. The number of Topliss-reactive ketones (excluding diaryl/α,β-unsaturated/α-hetero) is 1. The van der Waals surface area contributed by atoms with Gasteiger partial charge in [0.1, 0.15) is 24.2 Å². The minimum atomic E-state index is -0.983. The zero-order chi connectivity index (χ0) is 28.2. The van der Waals surface area contributed by atoms with Crippen molar-refractivity contribution in [1.29, 1.82) is 0 Å². The molecule has 8 nitrogen and oxygen atoms in total. The molecule has 4 aromatic rings. The fourth-order valence-electron chi connectivity index (χ4n) is 4.70. The number of pyridine rings is 1. The van der Waals surface area contributed by atoms with Crippen LogP contribution in [0.25, 0.3) is 5.76 Å². The van der Waals surface area contributed by atoms with Gasteiger partial charge in [0, 0.05) is 30.1 Å². The Bertz CT molecular complexity index is 1620. The van der Waals surface area contributed by atoms with Gasteiger partial charge in [-0.05, 0) is 66.6 Å². The number of ketones is 1. The van der Waals surface area contributed by atoms with Crippen molar-refractivity contribution in [1.82, 2.24) is 4.98 Å². The molecule has 0 bridgehead atoms. The van der Waals surface area contributed by atoms with E-state index in [9.17, 15) is 19.5 Å². The molecule has 3 aromatic carbocycles. The Morgan fingerprint density at radius 1 is 0.975 bits per heavy atom. The number of ether oxygens (including phenoxy) is 1. The standard InChI is InChI=1S/C32H27N3O5/c1-20-17-23(14-15-27(20)40-19-22-9-4-3-5-10-22)30(37)28-29(26-13-6-7-16-33-26)35(32(39)31(28)38)25-12-8-11-24(18-25)34-21(2)36/h3-18,29,37H,19H2,1-2H3,(H,34,36)/b30-28+. The van der Waals surface area contributed by atoms with Crippen LogP contribution in [-0.2, 0) is 21.0 Å². The second-order valence-electron chi connectivity index (χ2n) is 9.41. The molecule has 1 aliphatic heterocycles. The molecule has 1 aliphatic rings. The van der Waals surface area contributed by atoms with Gasteiger partial charge in [-0.3, -0.25) is 24.3 Å². The van der Waals surface area contributed by atoms with Crippen molar-refractivity contribution in [2.75, 3.05) is 10.2 Å². The molecular formula is C32H27N3O5. The minimum Gasteiger partial charge on any atom is -0.507 e. The van der Waals surface area contributed by atoms with Crippen LogP contribution in [0.2, 0.25) is 0 Å². The smallest absolute Gasteiger partial charge is 0.300 e. The summed E-state index contributed by atoms with van der Waals surface area (Å²) in [5.74, 6) is -1.59. The first-order valence-electron chi connectivity index (χ1n) is 12.7. The fourth-order valence-corrected chi connectivity index (χ4v) is 4.70. The zero-order valence-electron chi connectivity index (χ0n) is 22.0.